The highest BCUT2D eigenvalue weighted by Crippen LogP contribution is 2.16. The summed E-state index contributed by atoms with van der Waals surface area (Å²) in [6, 6.07) is 5.81. The summed E-state index contributed by atoms with van der Waals surface area (Å²) in [5, 5.41) is 3.39. The quantitative estimate of drug-likeness (QED) is 0.841. The number of pyridine rings is 1. The maximum atomic E-state index is 5.70. The average Bonchev–Trinajstić information content (AvgIpc) is 2.85. The number of hydrogen-bond acceptors (Lipinski definition) is 4. The van der Waals surface area contributed by atoms with Crippen molar-refractivity contribution < 1.29 is 9.15 Å². The van der Waals surface area contributed by atoms with Gasteiger partial charge in [0.2, 0.25) is 0 Å². The van der Waals surface area contributed by atoms with Crippen LogP contribution in [0.25, 0.3) is 0 Å². The number of furan rings is 1. The number of hydrogen-bond donors (Lipinski definition) is 1. The predicted octanol–water partition coefficient (Wildman–Crippen LogP) is 3.31. The minimum Gasteiger partial charge on any atom is -0.484 e. The molecule has 0 aromatic carbocycles. The van der Waals surface area contributed by atoms with E-state index in [1.807, 2.05) is 25.1 Å². The van der Waals surface area contributed by atoms with Gasteiger partial charge in [-0.25, -0.2) is 0 Å². The maximum absolute atomic E-state index is 5.70. The van der Waals surface area contributed by atoms with E-state index in [1.165, 1.54) is 0 Å². The van der Waals surface area contributed by atoms with Crippen LogP contribution in [0.3, 0.4) is 0 Å². The van der Waals surface area contributed by atoms with Crippen LogP contribution in [0.5, 0.6) is 5.75 Å². The molecule has 2 heterocycles. The van der Waals surface area contributed by atoms with Gasteiger partial charge in [-0.3, -0.25) is 4.98 Å². The Bertz CT molecular complexity index is 535. The third-order valence-corrected chi connectivity index (χ3v) is 2.92. The summed E-state index contributed by atoms with van der Waals surface area (Å²) in [4.78, 5) is 4.19. The monoisotopic (exact) mass is 274 g/mol. The Morgan fingerprint density at radius 2 is 2.25 bits per heavy atom. The smallest absolute Gasteiger partial charge is 0.146 e. The maximum Gasteiger partial charge on any atom is 0.146 e. The molecule has 2 aromatic heterocycles. The minimum atomic E-state index is 0.427. The second-order valence-corrected chi connectivity index (χ2v) is 5.32. The van der Waals surface area contributed by atoms with Gasteiger partial charge in [0.25, 0.3) is 0 Å². The molecule has 0 aliphatic carbocycles. The Kier molecular flexibility index (Phi) is 5.18. The summed E-state index contributed by atoms with van der Waals surface area (Å²) in [6.07, 6.45) is 3.54. The minimum absolute atomic E-state index is 0.427. The molecule has 0 spiro atoms. The predicted molar refractivity (Wildman–Crippen MR) is 78.6 cm³/mol. The van der Waals surface area contributed by atoms with Gasteiger partial charge < -0.3 is 14.5 Å². The molecule has 0 amide bonds. The number of nitrogens with one attached hydrogen (secondary N) is 1. The van der Waals surface area contributed by atoms with Gasteiger partial charge in [-0.15, -0.1) is 0 Å². The molecule has 0 atom stereocenters. The SMILES string of the molecule is Cc1ncccc1OCc1cc(CNCC(C)C)co1. The zero-order valence-corrected chi connectivity index (χ0v) is 12.3. The molecule has 4 heteroatoms. The van der Waals surface area contributed by atoms with Crippen molar-refractivity contribution >= 4 is 0 Å². The molecule has 0 bridgehead atoms. The third-order valence-electron chi connectivity index (χ3n) is 2.92. The van der Waals surface area contributed by atoms with E-state index >= 15 is 0 Å². The van der Waals surface area contributed by atoms with E-state index in [1.54, 1.807) is 12.5 Å². The van der Waals surface area contributed by atoms with Crippen molar-refractivity contribution in [3.8, 4) is 5.75 Å². The lowest BCUT2D eigenvalue weighted by Crippen LogP contribution is -2.18. The van der Waals surface area contributed by atoms with E-state index in [9.17, 15) is 0 Å². The topological polar surface area (TPSA) is 47.3 Å². The second kappa shape index (κ2) is 7.10. The Morgan fingerprint density at radius 3 is 3.00 bits per heavy atom. The van der Waals surface area contributed by atoms with Crippen LogP contribution in [-0.2, 0) is 13.2 Å². The Morgan fingerprint density at radius 1 is 1.40 bits per heavy atom. The fourth-order valence-electron chi connectivity index (χ4n) is 1.87. The van der Waals surface area contributed by atoms with E-state index in [-0.39, 0.29) is 0 Å². The van der Waals surface area contributed by atoms with E-state index in [2.05, 4.69) is 24.1 Å². The van der Waals surface area contributed by atoms with Crippen molar-refractivity contribution in [2.45, 2.75) is 33.9 Å². The molecule has 0 fully saturated rings. The van der Waals surface area contributed by atoms with Crippen molar-refractivity contribution in [3.63, 3.8) is 0 Å². The number of aryl methyl sites for hydroxylation is 1. The molecular formula is C16H22N2O2. The lowest BCUT2D eigenvalue weighted by molar-refractivity contribution is 0.267. The first-order valence-electron chi connectivity index (χ1n) is 6.96. The highest BCUT2D eigenvalue weighted by atomic mass is 16.5. The molecule has 20 heavy (non-hydrogen) atoms. The number of rotatable bonds is 7. The first-order chi connectivity index (χ1) is 9.65. The van der Waals surface area contributed by atoms with Crippen molar-refractivity contribution in [1.82, 2.24) is 10.3 Å². The van der Waals surface area contributed by atoms with Gasteiger partial charge in [0.1, 0.15) is 18.1 Å². The molecule has 108 valence electrons. The molecule has 2 aromatic rings. The summed E-state index contributed by atoms with van der Waals surface area (Å²) in [6.45, 7) is 8.57. The third kappa shape index (κ3) is 4.38. The summed E-state index contributed by atoms with van der Waals surface area (Å²) < 4.78 is 11.2. The zero-order chi connectivity index (χ0) is 14.4. The lowest BCUT2D eigenvalue weighted by atomic mass is 10.2. The highest BCUT2D eigenvalue weighted by Gasteiger charge is 2.05. The molecule has 4 nitrogen and oxygen atoms in total. The van der Waals surface area contributed by atoms with Crippen LogP contribution in [0.15, 0.2) is 35.1 Å². The molecule has 0 aliphatic rings. The van der Waals surface area contributed by atoms with Crippen LogP contribution in [0.4, 0.5) is 0 Å². The van der Waals surface area contributed by atoms with Crippen LogP contribution in [0.1, 0.15) is 30.9 Å². The van der Waals surface area contributed by atoms with Gasteiger partial charge in [-0.2, -0.15) is 0 Å². The number of nitrogens with zero attached hydrogens (tertiary/aromatic N) is 1. The van der Waals surface area contributed by atoms with Crippen LogP contribution in [0, 0.1) is 12.8 Å². The molecule has 0 aliphatic heterocycles. The van der Waals surface area contributed by atoms with Gasteiger partial charge in [0.15, 0.2) is 0 Å². The zero-order valence-electron chi connectivity index (χ0n) is 12.3. The van der Waals surface area contributed by atoms with Crippen LogP contribution < -0.4 is 10.1 Å². The lowest BCUT2D eigenvalue weighted by Gasteiger charge is -2.06. The molecular weight excluding hydrogens is 252 g/mol. The van der Waals surface area contributed by atoms with E-state index in [0.29, 0.717) is 12.5 Å². The molecule has 1 N–H and O–H groups in total. The van der Waals surface area contributed by atoms with Crippen molar-refractivity contribution in [2.24, 2.45) is 5.92 Å². The molecule has 0 radical (unpaired) electrons. The normalized spacial score (nSPS) is 11.0. The first-order valence-corrected chi connectivity index (χ1v) is 6.96. The van der Waals surface area contributed by atoms with Crippen LogP contribution in [-0.4, -0.2) is 11.5 Å². The Balaban J connectivity index is 1.82. The van der Waals surface area contributed by atoms with Crippen LogP contribution >= 0.6 is 0 Å². The Labute approximate surface area is 120 Å². The second-order valence-electron chi connectivity index (χ2n) is 5.32. The van der Waals surface area contributed by atoms with Gasteiger partial charge in [0.05, 0.1) is 12.0 Å². The Hall–Kier alpha value is -1.81. The van der Waals surface area contributed by atoms with E-state index in [0.717, 1.165) is 35.9 Å². The fourth-order valence-corrected chi connectivity index (χ4v) is 1.87. The van der Waals surface area contributed by atoms with Gasteiger partial charge in [-0.05, 0) is 37.6 Å². The molecule has 0 saturated heterocycles. The number of aromatic nitrogens is 1. The van der Waals surface area contributed by atoms with Crippen LogP contribution in [0.2, 0.25) is 0 Å². The summed E-state index contributed by atoms with van der Waals surface area (Å²) >= 11 is 0. The van der Waals surface area contributed by atoms with Gasteiger partial charge in [-0.1, -0.05) is 13.8 Å². The average molecular weight is 274 g/mol. The van der Waals surface area contributed by atoms with Gasteiger partial charge >= 0.3 is 0 Å². The standard InChI is InChI=1S/C16H22N2O2/c1-12(2)8-17-9-14-7-15(19-10-14)11-20-16-5-4-6-18-13(16)3/h4-7,10,12,17H,8-9,11H2,1-3H3. The van der Waals surface area contributed by atoms with Crippen molar-refractivity contribution in [2.75, 3.05) is 6.54 Å². The molecule has 0 saturated carbocycles. The fraction of sp³-hybridized carbons (Fsp3) is 0.438. The summed E-state index contributed by atoms with van der Waals surface area (Å²) in [7, 11) is 0. The summed E-state index contributed by atoms with van der Waals surface area (Å²) in [5.74, 6) is 2.27. The van der Waals surface area contributed by atoms with Crippen molar-refractivity contribution in [1.29, 1.82) is 0 Å². The molecule has 0 unspecified atom stereocenters. The van der Waals surface area contributed by atoms with Crippen molar-refractivity contribution in [3.05, 3.63) is 47.7 Å². The van der Waals surface area contributed by atoms with E-state index in [4.69, 9.17) is 9.15 Å². The van der Waals surface area contributed by atoms with Gasteiger partial charge in [0, 0.05) is 18.3 Å². The van der Waals surface area contributed by atoms with E-state index < -0.39 is 0 Å². The first kappa shape index (κ1) is 14.6. The molecule has 2 rings (SSSR count). The highest BCUT2D eigenvalue weighted by molar-refractivity contribution is 5.25. The summed E-state index contributed by atoms with van der Waals surface area (Å²) in [5.41, 5.74) is 2.03. The number of ether oxygens (including phenoxy) is 1. The largest absolute Gasteiger partial charge is 0.484 e.